The third-order valence-electron chi connectivity index (χ3n) is 3.17. The van der Waals surface area contributed by atoms with Crippen LogP contribution in [0.1, 0.15) is 27.2 Å². The number of hydrogen-bond acceptors (Lipinski definition) is 4. The number of aryl methyl sites for hydroxylation is 3. The van der Waals surface area contributed by atoms with E-state index >= 15 is 0 Å². The predicted molar refractivity (Wildman–Crippen MR) is 86.0 cm³/mol. The second-order valence-electron chi connectivity index (χ2n) is 5.23. The number of aromatic nitrogens is 1. The Morgan fingerprint density at radius 1 is 1.09 bits per heavy atom. The molecule has 23 heavy (non-hydrogen) atoms. The Morgan fingerprint density at radius 3 is 2.39 bits per heavy atom. The van der Waals surface area contributed by atoms with E-state index in [4.69, 9.17) is 4.74 Å². The summed E-state index contributed by atoms with van der Waals surface area (Å²) in [6.45, 7) is 5.67. The molecule has 1 heterocycles. The number of carbonyl (C=O) groups is 2. The van der Waals surface area contributed by atoms with Gasteiger partial charge in [0.05, 0.1) is 0 Å². The molecule has 0 spiro atoms. The van der Waals surface area contributed by atoms with Gasteiger partial charge in [-0.3, -0.25) is 25.4 Å². The van der Waals surface area contributed by atoms with Crippen molar-refractivity contribution in [3.8, 4) is 5.75 Å². The van der Waals surface area contributed by atoms with Crippen LogP contribution in [0.15, 0.2) is 36.5 Å². The van der Waals surface area contributed by atoms with Gasteiger partial charge >= 0.3 is 0 Å². The molecule has 0 radical (unpaired) electrons. The molecule has 2 aromatic rings. The average molecular weight is 313 g/mol. The van der Waals surface area contributed by atoms with E-state index in [0.29, 0.717) is 5.75 Å². The first-order valence-electron chi connectivity index (χ1n) is 7.18. The molecule has 0 bridgehead atoms. The Morgan fingerprint density at radius 2 is 1.78 bits per heavy atom. The highest BCUT2D eigenvalue weighted by molar-refractivity contribution is 5.93. The van der Waals surface area contributed by atoms with E-state index in [0.717, 1.165) is 16.7 Å². The summed E-state index contributed by atoms with van der Waals surface area (Å²) < 4.78 is 5.54. The van der Waals surface area contributed by atoms with Gasteiger partial charge in [0.25, 0.3) is 11.8 Å². The number of hydrogen-bond donors (Lipinski definition) is 2. The average Bonchev–Trinajstić information content (AvgIpc) is 2.52. The summed E-state index contributed by atoms with van der Waals surface area (Å²) in [6, 6.07) is 8.93. The molecule has 1 aromatic heterocycles. The summed E-state index contributed by atoms with van der Waals surface area (Å²) in [4.78, 5) is 27.4. The molecule has 1 aromatic carbocycles. The largest absolute Gasteiger partial charge is 0.483 e. The van der Waals surface area contributed by atoms with Crippen LogP contribution in [0.5, 0.6) is 5.75 Å². The number of hydrazine groups is 1. The summed E-state index contributed by atoms with van der Waals surface area (Å²) in [6.07, 6.45) is 1.50. The third kappa shape index (κ3) is 4.54. The number of amides is 2. The Bertz CT molecular complexity index is 691. The maximum absolute atomic E-state index is 11.8. The zero-order valence-corrected chi connectivity index (χ0v) is 13.3. The van der Waals surface area contributed by atoms with Crippen LogP contribution >= 0.6 is 0 Å². The lowest BCUT2D eigenvalue weighted by Crippen LogP contribution is -2.44. The fraction of sp³-hybridized carbons (Fsp3) is 0.235. The highest BCUT2D eigenvalue weighted by Gasteiger charge is 2.10. The minimum atomic E-state index is -0.485. The Kier molecular flexibility index (Phi) is 5.30. The van der Waals surface area contributed by atoms with Gasteiger partial charge in [0, 0.05) is 6.20 Å². The summed E-state index contributed by atoms with van der Waals surface area (Å²) >= 11 is 0. The zero-order valence-electron chi connectivity index (χ0n) is 13.3. The second-order valence-corrected chi connectivity index (χ2v) is 5.23. The van der Waals surface area contributed by atoms with Crippen LogP contribution in [-0.2, 0) is 4.79 Å². The molecule has 0 aliphatic carbocycles. The van der Waals surface area contributed by atoms with Gasteiger partial charge in [-0.15, -0.1) is 0 Å². The lowest BCUT2D eigenvalue weighted by molar-refractivity contribution is -0.123. The van der Waals surface area contributed by atoms with Crippen LogP contribution in [0, 0.1) is 20.8 Å². The fourth-order valence-corrected chi connectivity index (χ4v) is 2.26. The van der Waals surface area contributed by atoms with Gasteiger partial charge in [0.15, 0.2) is 6.61 Å². The number of carbonyl (C=O) groups excluding carboxylic acids is 2. The lowest BCUT2D eigenvalue weighted by Gasteiger charge is -2.13. The van der Waals surface area contributed by atoms with Gasteiger partial charge in [-0.2, -0.15) is 0 Å². The molecule has 6 heteroatoms. The van der Waals surface area contributed by atoms with E-state index in [-0.39, 0.29) is 12.3 Å². The molecule has 2 rings (SSSR count). The van der Waals surface area contributed by atoms with Gasteiger partial charge in [-0.25, -0.2) is 0 Å². The van der Waals surface area contributed by atoms with E-state index in [1.807, 2.05) is 32.9 Å². The van der Waals surface area contributed by atoms with E-state index in [1.54, 1.807) is 18.2 Å². The highest BCUT2D eigenvalue weighted by Crippen LogP contribution is 2.24. The van der Waals surface area contributed by atoms with Crippen LogP contribution < -0.4 is 15.6 Å². The summed E-state index contributed by atoms with van der Waals surface area (Å²) in [7, 11) is 0. The molecule has 0 saturated carbocycles. The first-order valence-corrected chi connectivity index (χ1v) is 7.18. The summed E-state index contributed by atoms with van der Waals surface area (Å²) in [5, 5.41) is 0. The third-order valence-corrected chi connectivity index (χ3v) is 3.17. The number of pyridine rings is 1. The Labute approximate surface area is 134 Å². The molecular formula is C17H19N3O3. The fourth-order valence-electron chi connectivity index (χ4n) is 2.26. The monoisotopic (exact) mass is 313 g/mol. The van der Waals surface area contributed by atoms with E-state index in [9.17, 15) is 9.59 Å². The Hall–Kier alpha value is -2.89. The maximum Gasteiger partial charge on any atom is 0.288 e. The number of ether oxygens (including phenoxy) is 1. The molecule has 0 saturated heterocycles. The number of rotatable bonds is 4. The van der Waals surface area contributed by atoms with Crippen molar-refractivity contribution in [3.63, 3.8) is 0 Å². The summed E-state index contributed by atoms with van der Waals surface area (Å²) in [5.74, 6) is -0.253. The predicted octanol–water partition coefficient (Wildman–Crippen LogP) is 1.85. The standard InChI is InChI=1S/C17H19N3O3/c1-11-8-12(2)16(13(3)9-11)23-10-15(21)19-20-17(22)14-6-4-5-7-18-14/h4-9H,10H2,1-3H3,(H,19,21)(H,20,22). The van der Waals surface area contributed by atoms with Crippen LogP contribution in [0.3, 0.4) is 0 Å². The van der Waals surface area contributed by atoms with E-state index < -0.39 is 11.8 Å². The molecule has 2 amide bonds. The van der Waals surface area contributed by atoms with Crippen LogP contribution in [0.25, 0.3) is 0 Å². The molecule has 0 fully saturated rings. The van der Waals surface area contributed by atoms with Gasteiger partial charge < -0.3 is 4.74 Å². The minimum absolute atomic E-state index is 0.187. The normalized spacial score (nSPS) is 10.0. The van der Waals surface area contributed by atoms with Gasteiger partial charge in [-0.1, -0.05) is 23.8 Å². The molecule has 2 N–H and O–H groups in total. The maximum atomic E-state index is 11.8. The highest BCUT2D eigenvalue weighted by atomic mass is 16.5. The van der Waals surface area contributed by atoms with E-state index in [2.05, 4.69) is 15.8 Å². The van der Waals surface area contributed by atoms with Crippen LogP contribution in [0.4, 0.5) is 0 Å². The molecule has 0 aliphatic rings. The minimum Gasteiger partial charge on any atom is -0.483 e. The van der Waals surface area contributed by atoms with Crippen molar-refractivity contribution >= 4 is 11.8 Å². The second kappa shape index (κ2) is 7.40. The quantitative estimate of drug-likeness (QED) is 0.844. The molecular weight excluding hydrogens is 294 g/mol. The van der Waals surface area contributed by atoms with Crippen molar-refractivity contribution in [2.24, 2.45) is 0 Å². The van der Waals surface area contributed by atoms with Gasteiger partial charge in [0.1, 0.15) is 11.4 Å². The van der Waals surface area contributed by atoms with Gasteiger partial charge in [0.2, 0.25) is 0 Å². The van der Waals surface area contributed by atoms with Crippen molar-refractivity contribution in [1.82, 2.24) is 15.8 Å². The topological polar surface area (TPSA) is 80.3 Å². The zero-order chi connectivity index (χ0) is 16.8. The SMILES string of the molecule is Cc1cc(C)c(OCC(=O)NNC(=O)c2ccccn2)c(C)c1. The van der Waals surface area contributed by atoms with Gasteiger partial charge in [-0.05, 0) is 44.0 Å². The van der Waals surface area contributed by atoms with Crippen LogP contribution in [-0.4, -0.2) is 23.4 Å². The molecule has 0 aliphatic heterocycles. The number of nitrogens with zero attached hydrogens (tertiary/aromatic N) is 1. The Balaban J connectivity index is 1.85. The smallest absolute Gasteiger partial charge is 0.288 e. The van der Waals surface area contributed by atoms with Crippen molar-refractivity contribution in [3.05, 3.63) is 58.9 Å². The van der Waals surface area contributed by atoms with Crippen molar-refractivity contribution in [2.75, 3.05) is 6.61 Å². The van der Waals surface area contributed by atoms with Crippen LogP contribution in [0.2, 0.25) is 0 Å². The first kappa shape index (κ1) is 16.5. The number of nitrogens with one attached hydrogen (secondary N) is 2. The van der Waals surface area contributed by atoms with Crippen molar-refractivity contribution in [2.45, 2.75) is 20.8 Å². The first-order chi connectivity index (χ1) is 11.0. The lowest BCUT2D eigenvalue weighted by atomic mass is 10.1. The molecule has 0 atom stereocenters. The van der Waals surface area contributed by atoms with E-state index in [1.165, 1.54) is 6.20 Å². The molecule has 6 nitrogen and oxygen atoms in total. The molecule has 0 unspecified atom stereocenters. The number of benzene rings is 1. The molecule has 120 valence electrons. The van der Waals surface area contributed by atoms with Crippen molar-refractivity contribution < 1.29 is 14.3 Å². The van der Waals surface area contributed by atoms with Crippen molar-refractivity contribution in [1.29, 1.82) is 0 Å². The summed E-state index contributed by atoms with van der Waals surface area (Å²) in [5.41, 5.74) is 7.88.